The van der Waals surface area contributed by atoms with Crippen LogP contribution in [-0.4, -0.2) is 38.0 Å². The van der Waals surface area contributed by atoms with Crippen LogP contribution >= 0.6 is 23.2 Å². The molecule has 2 heterocycles. The number of aryl methyl sites for hydroxylation is 2. The van der Waals surface area contributed by atoms with Gasteiger partial charge >= 0.3 is 0 Å². The molecule has 2 aromatic heterocycles. The van der Waals surface area contributed by atoms with Crippen molar-refractivity contribution >= 4 is 40.0 Å². The van der Waals surface area contributed by atoms with Crippen LogP contribution in [0.3, 0.4) is 0 Å². The molecule has 1 amide bonds. The van der Waals surface area contributed by atoms with E-state index in [-0.39, 0.29) is 5.91 Å². The predicted octanol–water partition coefficient (Wildman–Crippen LogP) is 5.22. The predicted molar refractivity (Wildman–Crippen MR) is 119 cm³/mol. The van der Waals surface area contributed by atoms with Crippen molar-refractivity contribution < 1.29 is 4.79 Å². The minimum atomic E-state index is -0.229. The lowest BCUT2D eigenvalue weighted by molar-refractivity contribution is 0.0781. The molecule has 30 heavy (non-hydrogen) atoms. The fourth-order valence-electron chi connectivity index (χ4n) is 3.32. The molecule has 0 bridgehead atoms. The average molecular weight is 440 g/mol. The van der Waals surface area contributed by atoms with Gasteiger partial charge in [0.1, 0.15) is 5.69 Å². The number of rotatable bonds is 4. The van der Waals surface area contributed by atoms with Crippen LogP contribution in [0.2, 0.25) is 10.0 Å². The van der Waals surface area contributed by atoms with Crippen LogP contribution in [0.4, 0.5) is 0 Å². The van der Waals surface area contributed by atoms with Crippen LogP contribution in [0.1, 0.15) is 27.4 Å². The molecule has 0 saturated carbocycles. The van der Waals surface area contributed by atoms with Gasteiger partial charge in [-0.15, -0.1) is 0 Å². The summed E-state index contributed by atoms with van der Waals surface area (Å²) in [5, 5.41) is 8.85. The van der Waals surface area contributed by atoms with Gasteiger partial charge in [0, 0.05) is 45.8 Å². The number of carbonyl (C=O) groups excluding carboxylic acids is 1. The number of hydrogen-bond acceptors (Lipinski definition) is 4. The number of hydrogen-bond donors (Lipinski definition) is 1. The van der Waals surface area contributed by atoms with Crippen LogP contribution in [-0.2, 0) is 6.54 Å². The Kier molecular flexibility index (Phi) is 5.45. The highest BCUT2D eigenvalue weighted by Gasteiger charge is 2.21. The standard InChI is InChI=1S/C22H19Cl2N5O/c1-12-18(13(2)28-27-12)11-29(3)22(30)20-17-10-16(24)7-8-19(17)25-21(26-20)14-5-4-6-15(23)9-14/h4-10H,11H2,1-3H3,(H,27,28). The van der Waals surface area contributed by atoms with E-state index >= 15 is 0 Å². The van der Waals surface area contributed by atoms with E-state index in [1.165, 1.54) is 0 Å². The molecule has 4 rings (SSSR count). The maximum Gasteiger partial charge on any atom is 0.273 e. The molecule has 0 fully saturated rings. The molecular formula is C22H19Cl2N5O. The Balaban J connectivity index is 1.81. The summed E-state index contributed by atoms with van der Waals surface area (Å²) >= 11 is 12.3. The molecule has 152 valence electrons. The molecule has 0 spiro atoms. The first-order chi connectivity index (χ1) is 14.3. The lowest BCUT2D eigenvalue weighted by Gasteiger charge is -2.18. The topological polar surface area (TPSA) is 74.8 Å². The van der Waals surface area contributed by atoms with Crippen LogP contribution in [0, 0.1) is 13.8 Å². The van der Waals surface area contributed by atoms with Gasteiger partial charge in [-0.1, -0.05) is 35.3 Å². The molecule has 0 atom stereocenters. The van der Waals surface area contributed by atoms with Crippen molar-refractivity contribution in [3.8, 4) is 11.4 Å². The van der Waals surface area contributed by atoms with E-state index in [1.54, 1.807) is 42.3 Å². The number of benzene rings is 2. The maximum atomic E-state index is 13.4. The summed E-state index contributed by atoms with van der Waals surface area (Å²) in [5.74, 6) is 0.202. The largest absolute Gasteiger partial charge is 0.336 e. The lowest BCUT2D eigenvalue weighted by Crippen LogP contribution is -2.28. The van der Waals surface area contributed by atoms with Crippen LogP contribution in [0.25, 0.3) is 22.3 Å². The van der Waals surface area contributed by atoms with Gasteiger partial charge < -0.3 is 4.90 Å². The van der Waals surface area contributed by atoms with E-state index < -0.39 is 0 Å². The van der Waals surface area contributed by atoms with Crippen molar-refractivity contribution in [3.05, 3.63) is 75.2 Å². The van der Waals surface area contributed by atoms with Gasteiger partial charge in [-0.2, -0.15) is 5.10 Å². The SMILES string of the molecule is Cc1n[nH]c(C)c1CN(C)C(=O)c1nc(-c2cccc(Cl)c2)nc2ccc(Cl)cc12. The third-order valence-corrected chi connectivity index (χ3v) is 5.44. The van der Waals surface area contributed by atoms with Gasteiger partial charge in [0.25, 0.3) is 5.91 Å². The number of amides is 1. The molecule has 1 N–H and O–H groups in total. The Morgan fingerprint density at radius 1 is 1.07 bits per heavy atom. The Labute approximate surface area is 183 Å². The summed E-state index contributed by atoms with van der Waals surface area (Å²) < 4.78 is 0. The summed E-state index contributed by atoms with van der Waals surface area (Å²) in [6.45, 7) is 4.25. The van der Waals surface area contributed by atoms with E-state index in [0.29, 0.717) is 39.0 Å². The summed E-state index contributed by atoms with van der Waals surface area (Å²) in [6, 6.07) is 12.5. The first kappa shape index (κ1) is 20.3. The molecule has 0 aliphatic rings. The summed E-state index contributed by atoms with van der Waals surface area (Å²) in [6.07, 6.45) is 0. The summed E-state index contributed by atoms with van der Waals surface area (Å²) in [4.78, 5) is 24.3. The van der Waals surface area contributed by atoms with E-state index in [4.69, 9.17) is 23.2 Å². The highest BCUT2D eigenvalue weighted by molar-refractivity contribution is 6.31. The molecular weight excluding hydrogens is 421 g/mol. The molecule has 6 nitrogen and oxygen atoms in total. The second-order valence-corrected chi connectivity index (χ2v) is 8.01. The third-order valence-electron chi connectivity index (χ3n) is 4.97. The summed E-state index contributed by atoms with van der Waals surface area (Å²) in [5.41, 5.74) is 4.44. The number of fused-ring (bicyclic) bond motifs is 1. The molecule has 0 aliphatic heterocycles. The molecule has 0 saturated heterocycles. The number of H-pyrrole nitrogens is 1. The fraction of sp³-hybridized carbons (Fsp3) is 0.182. The first-order valence-corrected chi connectivity index (χ1v) is 10.1. The fourth-order valence-corrected chi connectivity index (χ4v) is 3.68. The van der Waals surface area contributed by atoms with Gasteiger partial charge in [-0.05, 0) is 44.2 Å². The second-order valence-electron chi connectivity index (χ2n) is 7.14. The zero-order valence-electron chi connectivity index (χ0n) is 16.7. The smallest absolute Gasteiger partial charge is 0.273 e. The Hall–Kier alpha value is -2.96. The molecule has 0 aliphatic carbocycles. The van der Waals surface area contributed by atoms with Gasteiger partial charge in [-0.25, -0.2) is 9.97 Å². The van der Waals surface area contributed by atoms with E-state index in [2.05, 4.69) is 20.2 Å². The highest BCUT2D eigenvalue weighted by atomic mass is 35.5. The lowest BCUT2D eigenvalue weighted by atomic mass is 10.1. The minimum Gasteiger partial charge on any atom is -0.336 e. The molecule has 0 unspecified atom stereocenters. The normalized spacial score (nSPS) is 11.1. The first-order valence-electron chi connectivity index (χ1n) is 9.32. The van der Waals surface area contributed by atoms with Crippen LogP contribution in [0.15, 0.2) is 42.5 Å². The Morgan fingerprint density at radius 3 is 2.53 bits per heavy atom. The average Bonchev–Trinajstić information content (AvgIpc) is 3.04. The molecule has 0 radical (unpaired) electrons. The van der Waals surface area contributed by atoms with Crippen molar-refractivity contribution in [2.24, 2.45) is 0 Å². The maximum absolute atomic E-state index is 13.4. The van der Waals surface area contributed by atoms with Gasteiger partial charge in [0.2, 0.25) is 0 Å². The van der Waals surface area contributed by atoms with Crippen molar-refractivity contribution in [1.82, 2.24) is 25.1 Å². The molecule has 8 heteroatoms. The van der Waals surface area contributed by atoms with E-state index in [0.717, 1.165) is 22.5 Å². The third kappa shape index (κ3) is 3.88. The number of aromatic nitrogens is 4. The van der Waals surface area contributed by atoms with Crippen molar-refractivity contribution in [2.75, 3.05) is 7.05 Å². The molecule has 4 aromatic rings. The van der Waals surface area contributed by atoms with E-state index in [1.807, 2.05) is 26.0 Å². The van der Waals surface area contributed by atoms with Crippen LogP contribution in [0.5, 0.6) is 0 Å². The number of aromatic amines is 1. The van der Waals surface area contributed by atoms with Crippen molar-refractivity contribution in [3.63, 3.8) is 0 Å². The zero-order valence-corrected chi connectivity index (χ0v) is 18.2. The zero-order chi connectivity index (χ0) is 21.4. The Morgan fingerprint density at radius 2 is 1.83 bits per heavy atom. The number of halogens is 2. The van der Waals surface area contributed by atoms with E-state index in [9.17, 15) is 4.79 Å². The monoisotopic (exact) mass is 439 g/mol. The second kappa shape index (κ2) is 8.05. The van der Waals surface area contributed by atoms with Crippen molar-refractivity contribution in [1.29, 1.82) is 0 Å². The Bertz CT molecular complexity index is 1250. The summed E-state index contributed by atoms with van der Waals surface area (Å²) in [7, 11) is 1.74. The number of carbonyl (C=O) groups is 1. The minimum absolute atomic E-state index is 0.229. The highest BCUT2D eigenvalue weighted by Crippen LogP contribution is 2.27. The van der Waals surface area contributed by atoms with Crippen molar-refractivity contribution in [2.45, 2.75) is 20.4 Å². The quantitative estimate of drug-likeness (QED) is 0.473. The number of nitrogens with zero attached hydrogens (tertiary/aromatic N) is 4. The molecule has 2 aromatic carbocycles. The van der Waals surface area contributed by atoms with Gasteiger partial charge in [-0.3, -0.25) is 9.89 Å². The van der Waals surface area contributed by atoms with Gasteiger partial charge in [0.15, 0.2) is 5.82 Å². The number of nitrogens with one attached hydrogen (secondary N) is 1. The van der Waals surface area contributed by atoms with Gasteiger partial charge in [0.05, 0.1) is 11.2 Å². The van der Waals surface area contributed by atoms with Crippen LogP contribution < -0.4 is 0 Å².